The van der Waals surface area contributed by atoms with Gasteiger partial charge in [-0.3, -0.25) is 4.79 Å². The highest BCUT2D eigenvalue weighted by atomic mass is 32.2. The molecule has 0 bridgehead atoms. The molecule has 0 saturated carbocycles. The number of aromatic nitrogens is 4. The van der Waals surface area contributed by atoms with E-state index in [9.17, 15) is 4.79 Å². The van der Waals surface area contributed by atoms with Crippen LogP contribution in [0.2, 0.25) is 0 Å². The molecule has 3 aromatic rings. The molecule has 3 rings (SSSR count). The van der Waals surface area contributed by atoms with Gasteiger partial charge in [-0.1, -0.05) is 11.8 Å². The van der Waals surface area contributed by atoms with E-state index in [1.807, 2.05) is 42.7 Å². The summed E-state index contributed by atoms with van der Waals surface area (Å²) in [6, 6.07) is 7.67. The highest BCUT2D eigenvalue weighted by Crippen LogP contribution is 2.26. The number of hydrogen-bond donors (Lipinski definition) is 1. The monoisotopic (exact) mass is 389 g/mol. The van der Waals surface area contributed by atoms with Gasteiger partial charge in [0.05, 0.1) is 12.9 Å². The molecule has 1 amide bonds. The Morgan fingerprint density at radius 2 is 2.08 bits per heavy atom. The first kappa shape index (κ1) is 18.4. The number of ether oxygens (including phenoxy) is 1. The molecule has 26 heavy (non-hydrogen) atoms. The van der Waals surface area contributed by atoms with Gasteiger partial charge in [0.25, 0.3) is 0 Å². The molecule has 1 N–H and O–H groups in total. The van der Waals surface area contributed by atoms with Gasteiger partial charge in [0.2, 0.25) is 5.91 Å². The van der Waals surface area contributed by atoms with E-state index in [2.05, 4.69) is 20.5 Å². The number of amides is 1. The lowest BCUT2D eigenvalue weighted by Crippen LogP contribution is -2.14. The lowest BCUT2D eigenvalue weighted by Gasteiger charge is -2.08. The molecule has 2 aromatic heterocycles. The van der Waals surface area contributed by atoms with Crippen LogP contribution < -0.4 is 10.1 Å². The third-order valence-corrected chi connectivity index (χ3v) is 5.38. The molecule has 0 saturated heterocycles. The zero-order chi connectivity index (χ0) is 18.5. The number of rotatable bonds is 7. The van der Waals surface area contributed by atoms with Crippen LogP contribution in [0.25, 0.3) is 11.4 Å². The highest BCUT2D eigenvalue weighted by molar-refractivity contribution is 7.99. The van der Waals surface area contributed by atoms with Gasteiger partial charge in [0.15, 0.2) is 16.1 Å². The van der Waals surface area contributed by atoms with Crippen LogP contribution in [0.4, 0.5) is 5.13 Å². The minimum absolute atomic E-state index is 0.110. The van der Waals surface area contributed by atoms with E-state index in [0.717, 1.165) is 22.0 Å². The van der Waals surface area contributed by atoms with E-state index < -0.39 is 0 Å². The SMILES string of the molecule is CCn1c(SCC(=O)Nc2ncc(C)s2)nnc1-c1ccc(OC)cc1. The summed E-state index contributed by atoms with van der Waals surface area (Å²) in [4.78, 5) is 17.3. The number of nitrogens with one attached hydrogen (secondary N) is 1. The van der Waals surface area contributed by atoms with Crippen molar-refractivity contribution in [3.8, 4) is 17.1 Å². The van der Waals surface area contributed by atoms with Gasteiger partial charge in [-0.25, -0.2) is 4.98 Å². The van der Waals surface area contributed by atoms with Crippen molar-refractivity contribution in [1.82, 2.24) is 19.7 Å². The summed E-state index contributed by atoms with van der Waals surface area (Å²) < 4.78 is 7.18. The predicted octanol–water partition coefficient (Wildman–Crippen LogP) is 3.47. The maximum atomic E-state index is 12.1. The Morgan fingerprint density at radius 1 is 1.31 bits per heavy atom. The Labute approximate surface area is 159 Å². The molecule has 2 heterocycles. The Bertz CT molecular complexity index is 889. The molecule has 0 aliphatic carbocycles. The maximum Gasteiger partial charge on any atom is 0.236 e. The molecule has 0 spiro atoms. The van der Waals surface area contributed by atoms with Gasteiger partial charge in [-0.15, -0.1) is 21.5 Å². The van der Waals surface area contributed by atoms with E-state index >= 15 is 0 Å². The van der Waals surface area contributed by atoms with Gasteiger partial charge in [0, 0.05) is 23.2 Å². The highest BCUT2D eigenvalue weighted by Gasteiger charge is 2.15. The second kappa shape index (κ2) is 8.33. The summed E-state index contributed by atoms with van der Waals surface area (Å²) in [7, 11) is 1.64. The number of anilines is 1. The Morgan fingerprint density at radius 3 is 2.69 bits per heavy atom. The lowest BCUT2D eigenvalue weighted by atomic mass is 10.2. The minimum atomic E-state index is -0.110. The lowest BCUT2D eigenvalue weighted by molar-refractivity contribution is -0.113. The molecular weight excluding hydrogens is 370 g/mol. The van der Waals surface area contributed by atoms with Crippen LogP contribution >= 0.6 is 23.1 Å². The molecule has 9 heteroatoms. The summed E-state index contributed by atoms with van der Waals surface area (Å²) in [5, 5.41) is 12.7. The van der Waals surface area contributed by atoms with E-state index in [4.69, 9.17) is 4.74 Å². The summed E-state index contributed by atoms with van der Waals surface area (Å²) >= 11 is 2.81. The van der Waals surface area contributed by atoms with Crippen molar-refractivity contribution in [3.63, 3.8) is 0 Å². The van der Waals surface area contributed by atoms with Crippen LogP contribution in [0.5, 0.6) is 5.75 Å². The predicted molar refractivity (Wildman–Crippen MR) is 104 cm³/mol. The molecule has 7 nitrogen and oxygen atoms in total. The van der Waals surface area contributed by atoms with Crippen molar-refractivity contribution in [2.45, 2.75) is 25.5 Å². The first-order valence-corrected chi connectivity index (χ1v) is 9.83. The zero-order valence-electron chi connectivity index (χ0n) is 14.7. The van der Waals surface area contributed by atoms with E-state index in [1.165, 1.54) is 23.1 Å². The quantitative estimate of drug-likeness (QED) is 0.623. The average Bonchev–Trinajstić information content (AvgIpc) is 3.25. The Hall–Kier alpha value is -2.39. The van der Waals surface area contributed by atoms with Crippen molar-refractivity contribution in [3.05, 3.63) is 35.3 Å². The number of methoxy groups -OCH3 is 1. The van der Waals surface area contributed by atoms with Crippen molar-refractivity contribution in [2.24, 2.45) is 0 Å². The van der Waals surface area contributed by atoms with Crippen molar-refractivity contribution in [2.75, 3.05) is 18.2 Å². The first-order valence-electron chi connectivity index (χ1n) is 8.03. The largest absolute Gasteiger partial charge is 0.497 e. The van der Waals surface area contributed by atoms with Gasteiger partial charge >= 0.3 is 0 Å². The number of carbonyl (C=O) groups is 1. The van der Waals surface area contributed by atoms with Crippen LogP contribution in [-0.2, 0) is 11.3 Å². The number of thiazole rings is 1. The third-order valence-electron chi connectivity index (χ3n) is 3.58. The van der Waals surface area contributed by atoms with Crippen LogP contribution in [0.3, 0.4) is 0 Å². The van der Waals surface area contributed by atoms with E-state index in [0.29, 0.717) is 16.8 Å². The molecule has 1 aromatic carbocycles. The topological polar surface area (TPSA) is 81.9 Å². The summed E-state index contributed by atoms with van der Waals surface area (Å²) in [6.07, 6.45) is 1.74. The van der Waals surface area contributed by atoms with Gasteiger partial charge in [0.1, 0.15) is 5.75 Å². The zero-order valence-corrected chi connectivity index (χ0v) is 16.4. The number of aryl methyl sites for hydroxylation is 1. The van der Waals surface area contributed by atoms with Gasteiger partial charge in [-0.2, -0.15) is 0 Å². The van der Waals surface area contributed by atoms with Crippen LogP contribution in [0.15, 0.2) is 35.6 Å². The van der Waals surface area contributed by atoms with Crippen molar-refractivity contribution < 1.29 is 9.53 Å². The Kier molecular flexibility index (Phi) is 5.89. The van der Waals surface area contributed by atoms with Crippen LogP contribution in [0, 0.1) is 6.92 Å². The van der Waals surface area contributed by atoms with E-state index in [-0.39, 0.29) is 11.7 Å². The second-order valence-corrected chi connectivity index (χ2v) is 7.57. The minimum Gasteiger partial charge on any atom is -0.497 e. The standard InChI is InChI=1S/C17H19N5O2S2/c1-4-22-15(12-5-7-13(24-3)8-6-12)20-21-17(22)25-10-14(23)19-16-18-9-11(2)26-16/h5-9H,4,10H2,1-3H3,(H,18,19,23). The number of hydrogen-bond acceptors (Lipinski definition) is 7. The molecule has 0 atom stereocenters. The molecule has 0 radical (unpaired) electrons. The molecule has 136 valence electrons. The Balaban J connectivity index is 1.68. The molecule has 0 unspecified atom stereocenters. The number of carbonyl (C=O) groups excluding carboxylic acids is 1. The second-order valence-electron chi connectivity index (χ2n) is 5.39. The fourth-order valence-electron chi connectivity index (χ4n) is 2.33. The number of thioether (sulfide) groups is 1. The third kappa shape index (κ3) is 4.23. The van der Waals surface area contributed by atoms with Gasteiger partial charge < -0.3 is 14.6 Å². The summed E-state index contributed by atoms with van der Waals surface area (Å²) in [5.74, 6) is 1.70. The number of benzene rings is 1. The fourth-order valence-corrected chi connectivity index (χ4v) is 3.82. The average molecular weight is 390 g/mol. The first-order chi connectivity index (χ1) is 12.6. The van der Waals surface area contributed by atoms with Crippen LogP contribution in [0.1, 0.15) is 11.8 Å². The molecular formula is C17H19N5O2S2. The van der Waals surface area contributed by atoms with Gasteiger partial charge in [-0.05, 0) is 38.1 Å². The normalized spacial score (nSPS) is 10.7. The maximum absolute atomic E-state index is 12.1. The summed E-state index contributed by atoms with van der Waals surface area (Å²) in [5.41, 5.74) is 0.953. The fraction of sp³-hybridized carbons (Fsp3) is 0.294. The molecule has 0 aliphatic rings. The number of nitrogens with zero attached hydrogens (tertiary/aromatic N) is 4. The molecule has 0 fully saturated rings. The van der Waals surface area contributed by atoms with E-state index in [1.54, 1.807) is 13.3 Å². The summed E-state index contributed by atoms with van der Waals surface area (Å²) in [6.45, 7) is 4.69. The molecule has 0 aliphatic heterocycles. The van der Waals surface area contributed by atoms with Crippen LogP contribution in [-0.4, -0.2) is 38.5 Å². The van der Waals surface area contributed by atoms with Crippen molar-refractivity contribution in [1.29, 1.82) is 0 Å². The van der Waals surface area contributed by atoms with Crippen molar-refractivity contribution >= 4 is 34.1 Å². The smallest absolute Gasteiger partial charge is 0.236 e.